The van der Waals surface area contributed by atoms with E-state index in [1.165, 1.54) is 0 Å². The van der Waals surface area contributed by atoms with E-state index in [1.54, 1.807) is 11.8 Å². The Balaban J connectivity index is 2.35. The molecule has 0 bridgehead atoms. The van der Waals surface area contributed by atoms with Gasteiger partial charge in [-0.3, -0.25) is 4.79 Å². The summed E-state index contributed by atoms with van der Waals surface area (Å²) in [5.74, 6) is 0.00331. The molecule has 0 spiro atoms. The van der Waals surface area contributed by atoms with Crippen LogP contribution in [0.3, 0.4) is 0 Å². The third kappa shape index (κ3) is 3.02. The molecule has 1 amide bonds. The number of hydrogen-bond acceptors (Lipinski definition) is 2. The fourth-order valence-corrected chi connectivity index (χ4v) is 3.53. The Morgan fingerprint density at radius 2 is 1.27 bits per heavy atom. The summed E-state index contributed by atoms with van der Waals surface area (Å²) in [6.07, 6.45) is 0. The van der Waals surface area contributed by atoms with Gasteiger partial charge in [0.1, 0.15) is 0 Å². The Hall–Kier alpha value is -2.91. The van der Waals surface area contributed by atoms with Crippen LogP contribution in [0.4, 0.5) is 5.69 Å². The number of hydrogen-bond donors (Lipinski definition) is 1. The van der Waals surface area contributed by atoms with Gasteiger partial charge < -0.3 is 10.2 Å². The Morgan fingerprint density at radius 1 is 0.808 bits per heavy atom. The number of para-hydroxylation sites is 1. The predicted molar refractivity (Wildman–Crippen MR) is 107 cm³/mol. The molecule has 0 heterocycles. The van der Waals surface area contributed by atoms with Crippen molar-refractivity contribution in [1.29, 1.82) is 0 Å². The lowest BCUT2D eigenvalue weighted by molar-refractivity contribution is -0.116. The van der Waals surface area contributed by atoms with Crippen molar-refractivity contribution in [3.8, 4) is 0 Å². The topological polar surface area (TPSA) is 32.3 Å². The highest BCUT2D eigenvalue weighted by molar-refractivity contribution is 5.92. The van der Waals surface area contributed by atoms with Crippen LogP contribution in [0.1, 0.15) is 23.6 Å². The number of carbonyl (C=O) groups excluding carboxylic acids is 1. The van der Waals surface area contributed by atoms with Gasteiger partial charge in [0.05, 0.1) is 5.54 Å². The van der Waals surface area contributed by atoms with Crippen molar-refractivity contribution in [2.24, 2.45) is 0 Å². The van der Waals surface area contributed by atoms with Gasteiger partial charge in [-0.15, -0.1) is 0 Å². The number of carbonyl (C=O) groups is 1. The van der Waals surface area contributed by atoms with E-state index in [4.69, 9.17) is 0 Å². The van der Waals surface area contributed by atoms with Gasteiger partial charge in [-0.2, -0.15) is 0 Å². The summed E-state index contributed by atoms with van der Waals surface area (Å²) < 4.78 is 0. The molecular weight excluding hydrogens is 320 g/mol. The van der Waals surface area contributed by atoms with Crippen LogP contribution in [0.5, 0.6) is 0 Å². The highest BCUT2D eigenvalue weighted by Gasteiger charge is 2.37. The van der Waals surface area contributed by atoms with Crippen LogP contribution < -0.4 is 10.2 Å². The van der Waals surface area contributed by atoms with Crippen molar-refractivity contribution in [1.82, 2.24) is 5.32 Å². The lowest BCUT2D eigenvalue weighted by Gasteiger charge is -2.38. The lowest BCUT2D eigenvalue weighted by atomic mass is 9.76. The van der Waals surface area contributed by atoms with Crippen LogP contribution in [0, 0.1) is 0 Å². The fourth-order valence-electron chi connectivity index (χ4n) is 3.53. The maximum Gasteiger partial charge on any atom is 0.223 e. The molecule has 0 aliphatic heterocycles. The molecule has 0 unspecified atom stereocenters. The van der Waals surface area contributed by atoms with Crippen molar-refractivity contribution in [3.63, 3.8) is 0 Å². The maximum atomic E-state index is 12.1. The molecule has 0 aliphatic rings. The standard InChI is InChI=1S/C23H24N2O/c1-18(26)25(3)22-17-11-10-16-21(22)23(24-2,19-12-6-4-7-13-19)20-14-8-5-9-15-20/h4-17,24H,1-3H3. The van der Waals surface area contributed by atoms with Crippen LogP contribution in [-0.2, 0) is 10.3 Å². The van der Waals surface area contributed by atoms with Crippen LogP contribution in [0.15, 0.2) is 84.9 Å². The number of benzene rings is 3. The van der Waals surface area contributed by atoms with Gasteiger partial charge in [-0.1, -0.05) is 78.9 Å². The molecule has 0 aliphatic carbocycles. The number of rotatable bonds is 5. The number of amides is 1. The largest absolute Gasteiger partial charge is 0.315 e. The SMILES string of the molecule is CNC(c1ccccc1)(c1ccccc1)c1ccccc1N(C)C(C)=O. The second-order valence-corrected chi connectivity index (χ2v) is 6.33. The molecule has 3 nitrogen and oxygen atoms in total. The van der Waals surface area contributed by atoms with E-state index in [0.29, 0.717) is 0 Å². The lowest BCUT2D eigenvalue weighted by Crippen LogP contribution is -2.43. The first kappa shape index (κ1) is 17.9. The first-order chi connectivity index (χ1) is 12.6. The Kier molecular flexibility index (Phi) is 5.19. The molecule has 0 radical (unpaired) electrons. The van der Waals surface area contributed by atoms with Crippen LogP contribution in [0.25, 0.3) is 0 Å². The second-order valence-electron chi connectivity index (χ2n) is 6.33. The van der Waals surface area contributed by atoms with Gasteiger partial charge in [0.15, 0.2) is 0 Å². The van der Waals surface area contributed by atoms with E-state index >= 15 is 0 Å². The third-order valence-corrected chi connectivity index (χ3v) is 4.93. The van der Waals surface area contributed by atoms with Crippen molar-refractivity contribution in [2.75, 3.05) is 19.0 Å². The molecule has 0 saturated heterocycles. The average Bonchev–Trinajstić information content (AvgIpc) is 2.70. The number of anilines is 1. The second kappa shape index (κ2) is 7.54. The Labute approximate surface area is 155 Å². The van der Waals surface area contributed by atoms with Gasteiger partial charge in [-0.25, -0.2) is 0 Å². The minimum absolute atomic E-state index is 0.00331. The summed E-state index contributed by atoms with van der Waals surface area (Å²) in [5.41, 5.74) is 3.61. The highest BCUT2D eigenvalue weighted by atomic mass is 16.2. The molecule has 132 valence electrons. The minimum atomic E-state index is -0.567. The third-order valence-electron chi connectivity index (χ3n) is 4.93. The predicted octanol–water partition coefficient (Wildman–Crippen LogP) is 4.18. The quantitative estimate of drug-likeness (QED) is 0.704. The first-order valence-electron chi connectivity index (χ1n) is 8.75. The van der Waals surface area contributed by atoms with Crippen LogP contribution in [-0.4, -0.2) is 20.0 Å². The zero-order valence-corrected chi connectivity index (χ0v) is 15.4. The van der Waals surface area contributed by atoms with Crippen molar-refractivity contribution in [2.45, 2.75) is 12.5 Å². The monoisotopic (exact) mass is 344 g/mol. The number of nitrogens with zero attached hydrogens (tertiary/aromatic N) is 1. The smallest absolute Gasteiger partial charge is 0.223 e. The fraction of sp³-hybridized carbons (Fsp3) is 0.174. The molecule has 3 aromatic carbocycles. The zero-order chi connectivity index (χ0) is 18.6. The Morgan fingerprint density at radius 3 is 1.73 bits per heavy atom. The maximum absolute atomic E-state index is 12.1. The molecule has 0 fully saturated rings. The number of nitrogens with one attached hydrogen (secondary N) is 1. The molecule has 3 heteroatoms. The van der Waals surface area contributed by atoms with E-state index in [0.717, 1.165) is 22.4 Å². The summed E-state index contributed by atoms with van der Waals surface area (Å²) in [6.45, 7) is 1.59. The summed E-state index contributed by atoms with van der Waals surface area (Å²) >= 11 is 0. The van der Waals surface area contributed by atoms with Gasteiger partial charge in [0.25, 0.3) is 0 Å². The highest BCUT2D eigenvalue weighted by Crippen LogP contribution is 2.40. The van der Waals surface area contributed by atoms with Gasteiger partial charge in [-0.05, 0) is 24.2 Å². The van der Waals surface area contributed by atoms with Crippen molar-refractivity contribution >= 4 is 11.6 Å². The van der Waals surface area contributed by atoms with Crippen LogP contribution in [0.2, 0.25) is 0 Å². The minimum Gasteiger partial charge on any atom is -0.315 e. The molecular formula is C23H24N2O. The average molecular weight is 344 g/mol. The van der Waals surface area contributed by atoms with Gasteiger partial charge >= 0.3 is 0 Å². The van der Waals surface area contributed by atoms with E-state index in [9.17, 15) is 4.79 Å². The summed E-state index contributed by atoms with van der Waals surface area (Å²) in [4.78, 5) is 13.8. The Bertz CT molecular complexity index is 835. The summed E-state index contributed by atoms with van der Waals surface area (Å²) in [5, 5.41) is 3.56. The molecule has 26 heavy (non-hydrogen) atoms. The molecule has 0 aromatic heterocycles. The molecule has 3 rings (SSSR count). The normalized spacial score (nSPS) is 11.2. The summed E-state index contributed by atoms with van der Waals surface area (Å²) in [6, 6.07) is 28.8. The molecule has 1 N–H and O–H groups in total. The van der Waals surface area contributed by atoms with E-state index in [1.807, 2.05) is 68.7 Å². The molecule has 0 saturated carbocycles. The van der Waals surface area contributed by atoms with E-state index < -0.39 is 5.54 Å². The van der Waals surface area contributed by atoms with Crippen LogP contribution >= 0.6 is 0 Å². The van der Waals surface area contributed by atoms with Crippen molar-refractivity contribution < 1.29 is 4.79 Å². The molecule has 0 atom stereocenters. The molecule has 3 aromatic rings. The zero-order valence-electron chi connectivity index (χ0n) is 15.4. The van der Waals surface area contributed by atoms with E-state index in [2.05, 4.69) is 35.6 Å². The first-order valence-corrected chi connectivity index (χ1v) is 8.75. The van der Waals surface area contributed by atoms with Gasteiger partial charge in [0, 0.05) is 25.2 Å². The van der Waals surface area contributed by atoms with E-state index in [-0.39, 0.29) is 5.91 Å². The van der Waals surface area contributed by atoms with Crippen molar-refractivity contribution in [3.05, 3.63) is 102 Å². The van der Waals surface area contributed by atoms with Gasteiger partial charge in [0.2, 0.25) is 5.91 Å². The summed E-state index contributed by atoms with van der Waals surface area (Å²) in [7, 11) is 3.78.